The molecule has 0 spiro atoms. The van der Waals surface area contributed by atoms with Crippen LogP contribution in [-0.4, -0.2) is 0 Å². The number of rotatable bonds is 0. The van der Waals surface area contributed by atoms with Gasteiger partial charge in [0.2, 0.25) is 0 Å². The molecule has 1 nitrogen and oxygen atoms in total. The summed E-state index contributed by atoms with van der Waals surface area (Å²) in [7, 11) is 0. The monoisotopic (exact) mass is 307 g/mol. The summed E-state index contributed by atoms with van der Waals surface area (Å²) in [6.07, 6.45) is 1.02. The van der Waals surface area contributed by atoms with Gasteiger partial charge >= 0.3 is 0 Å². The lowest BCUT2D eigenvalue weighted by Gasteiger charge is -2.01. The van der Waals surface area contributed by atoms with E-state index in [2.05, 4.69) is 52.9 Å². The molecule has 0 saturated carbocycles. The Morgan fingerprint density at radius 1 is 0.933 bits per heavy atom. The zero-order valence-electron chi connectivity index (χ0n) is 8.13. The third kappa shape index (κ3) is 1.44. The number of nitrogens with two attached hydrogens (primary N) is 1. The van der Waals surface area contributed by atoms with E-state index in [4.69, 9.17) is 5.73 Å². The Morgan fingerprint density at radius 2 is 1.60 bits per heavy atom. The third-order valence-corrected chi connectivity index (χ3v) is 3.54. The van der Waals surface area contributed by atoms with Crippen molar-refractivity contribution in [3.05, 3.63) is 51.1 Å². The van der Waals surface area contributed by atoms with Crippen molar-refractivity contribution in [2.75, 3.05) is 5.73 Å². The molecule has 74 valence electrons. The van der Waals surface area contributed by atoms with Crippen molar-refractivity contribution in [1.82, 2.24) is 0 Å². The zero-order chi connectivity index (χ0) is 10.4. The van der Waals surface area contributed by atoms with Gasteiger partial charge in [0.05, 0.1) is 0 Å². The minimum Gasteiger partial charge on any atom is -0.399 e. The van der Waals surface area contributed by atoms with Crippen LogP contribution in [0.5, 0.6) is 0 Å². The van der Waals surface area contributed by atoms with Gasteiger partial charge in [-0.3, -0.25) is 0 Å². The van der Waals surface area contributed by atoms with Gasteiger partial charge in [0.25, 0.3) is 0 Å². The van der Waals surface area contributed by atoms with Crippen LogP contribution in [0, 0.1) is 3.57 Å². The molecule has 0 fully saturated rings. The summed E-state index contributed by atoms with van der Waals surface area (Å²) in [6, 6.07) is 12.8. The molecule has 0 aliphatic heterocycles. The molecule has 0 saturated heterocycles. The Kier molecular flexibility index (Phi) is 1.99. The lowest BCUT2D eigenvalue weighted by molar-refractivity contribution is 1.26. The molecule has 1 aliphatic carbocycles. The van der Waals surface area contributed by atoms with Gasteiger partial charge < -0.3 is 5.73 Å². The van der Waals surface area contributed by atoms with Crippen molar-refractivity contribution < 1.29 is 0 Å². The highest BCUT2D eigenvalue weighted by molar-refractivity contribution is 14.1. The van der Waals surface area contributed by atoms with Gasteiger partial charge in [0, 0.05) is 9.26 Å². The van der Waals surface area contributed by atoms with Crippen LogP contribution in [0.3, 0.4) is 0 Å². The molecule has 2 N–H and O–H groups in total. The maximum atomic E-state index is 5.79. The Hall–Kier alpha value is -1.03. The topological polar surface area (TPSA) is 26.0 Å². The van der Waals surface area contributed by atoms with Gasteiger partial charge in [0.1, 0.15) is 0 Å². The van der Waals surface area contributed by atoms with Crippen LogP contribution < -0.4 is 5.73 Å². The van der Waals surface area contributed by atoms with Gasteiger partial charge in [-0.05, 0) is 75.5 Å². The zero-order valence-corrected chi connectivity index (χ0v) is 10.3. The van der Waals surface area contributed by atoms with Crippen molar-refractivity contribution in [3.8, 4) is 11.1 Å². The smallest absolute Gasteiger partial charge is 0.0317 e. The van der Waals surface area contributed by atoms with Crippen LogP contribution in [-0.2, 0) is 6.42 Å². The average molecular weight is 307 g/mol. The van der Waals surface area contributed by atoms with Gasteiger partial charge in [-0.2, -0.15) is 0 Å². The second-order valence-corrected chi connectivity index (χ2v) is 5.14. The van der Waals surface area contributed by atoms with E-state index >= 15 is 0 Å². The van der Waals surface area contributed by atoms with Gasteiger partial charge in [-0.15, -0.1) is 0 Å². The molecular formula is C13H10IN. The summed E-state index contributed by atoms with van der Waals surface area (Å²) >= 11 is 2.35. The van der Waals surface area contributed by atoms with Gasteiger partial charge in [0.15, 0.2) is 0 Å². The Balaban J connectivity index is 2.24. The summed E-state index contributed by atoms with van der Waals surface area (Å²) in [6.45, 7) is 0. The number of anilines is 1. The van der Waals surface area contributed by atoms with E-state index in [-0.39, 0.29) is 0 Å². The van der Waals surface area contributed by atoms with Crippen molar-refractivity contribution >= 4 is 28.3 Å². The number of hydrogen-bond acceptors (Lipinski definition) is 1. The number of nitrogen functional groups attached to an aromatic ring is 1. The first-order valence-electron chi connectivity index (χ1n) is 4.91. The predicted molar refractivity (Wildman–Crippen MR) is 71.8 cm³/mol. The normalized spacial score (nSPS) is 12.3. The van der Waals surface area contributed by atoms with Gasteiger partial charge in [-0.1, -0.05) is 12.1 Å². The number of halogens is 1. The van der Waals surface area contributed by atoms with Crippen LogP contribution in [0.15, 0.2) is 36.4 Å². The minimum atomic E-state index is 0.858. The van der Waals surface area contributed by atoms with E-state index in [1.807, 2.05) is 6.07 Å². The molecule has 3 rings (SSSR count). The van der Waals surface area contributed by atoms with Crippen molar-refractivity contribution in [2.45, 2.75) is 6.42 Å². The van der Waals surface area contributed by atoms with Crippen molar-refractivity contribution in [3.63, 3.8) is 0 Å². The van der Waals surface area contributed by atoms with E-state index in [1.54, 1.807) is 0 Å². The fraction of sp³-hybridized carbons (Fsp3) is 0.0769. The second kappa shape index (κ2) is 3.23. The fourth-order valence-electron chi connectivity index (χ4n) is 2.20. The summed E-state index contributed by atoms with van der Waals surface area (Å²) < 4.78 is 1.30. The minimum absolute atomic E-state index is 0.858. The summed E-state index contributed by atoms with van der Waals surface area (Å²) in [5, 5.41) is 0. The number of hydrogen-bond donors (Lipinski definition) is 1. The first-order chi connectivity index (χ1) is 7.24. The quantitative estimate of drug-likeness (QED) is 0.500. The second-order valence-electron chi connectivity index (χ2n) is 3.89. The van der Waals surface area contributed by atoms with Crippen LogP contribution >= 0.6 is 22.6 Å². The fourth-order valence-corrected chi connectivity index (χ4v) is 2.75. The third-order valence-electron chi connectivity index (χ3n) is 2.87. The van der Waals surface area contributed by atoms with Crippen LogP contribution in [0.1, 0.15) is 11.1 Å². The summed E-state index contributed by atoms with van der Waals surface area (Å²) in [5.74, 6) is 0. The molecule has 0 aromatic heterocycles. The molecule has 15 heavy (non-hydrogen) atoms. The number of benzene rings is 2. The first kappa shape index (κ1) is 9.21. The van der Waals surface area contributed by atoms with Gasteiger partial charge in [-0.25, -0.2) is 0 Å². The molecule has 0 atom stereocenters. The largest absolute Gasteiger partial charge is 0.399 e. The van der Waals surface area contributed by atoms with Crippen LogP contribution in [0.4, 0.5) is 5.69 Å². The molecule has 0 amide bonds. The summed E-state index contributed by atoms with van der Waals surface area (Å²) in [4.78, 5) is 0. The Labute approximate surface area is 102 Å². The van der Waals surface area contributed by atoms with E-state index in [0.717, 1.165) is 12.1 Å². The molecule has 2 aromatic rings. The molecule has 0 heterocycles. The Bertz CT molecular complexity index is 497. The molecule has 1 aliphatic rings. The van der Waals surface area contributed by atoms with E-state index in [0.29, 0.717) is 0 Å². The first-order valence-corrected chi connectivity index (χ1v) is 5.99. The highest BCUT2D eigenvalue weighted by atomic mass is 127. The SMILES string of the molecule is Nc1ccc2c(c1)Cc1cc(I)ccc1-2. The van der Waals surface area contributed by atoms with Crippen LogP contribution in [0.2, 0.25) is 0 Å². The highest BCUT2D eigenvalue weighted by Gasteiger charge is 2.17. The Morgan fingerprint density at radius 3 is 2.40 bits per heavy atom. The molecule has 0 unspecified atom stereocenters. The lowest BCUT2D eigenvalue weighted by atomic mass is 10.1. The maximum Gasteiger partial charge on any atom is 0.0317 e. The molecule has 0 bridgehead atoms. The highest BCUT2D eigenvalue weighted by Crippen LogP contribution is 2.37. The molecule has 0 radical (unpaired) electrons. The summed E-state index contributed by atoms with van der Waals surface area (Å²) in [5.41, 5.74) is 12.1. The molecule has 2 heteroatoms. The predicted octanol–water partition coefficient (Wildman–Crippen LogP) is 3.44. The van der Waals surface area contributed by atoms with E-state index < -0.39 is 0 Å². The maximum absolute atomic E-state index is 5.79. The average Bonchev–Trinajstić information content (AvgIpc) is 2.53. The van der Waals surface area contributed by atoms with E-state index in [9.17, 15) is 0 Å². The van der Waals surface area contributed by atoms with Crippen molar-refractivity contribution in [1.29, 1.82) is 0 Å². The van der Waals surface area contributed by atoms with Crippen molar-refractivity contribution in [2.24, 2.45) is 0 Å². The van der Waals surface area contributed by atoms with Crippen LogP contribution in [0.25, 0.3) is 11.1 Å². The molecular weight excluding hydrogens is 297 g/mol. The molecule has 2 aromatic carbocycles. The standard InChI is InChI=1S/C13H10IN/c14-10-1-3-12-8(6-10)5-9-7-11(15)2-4-13(9)12/h1-4,6-7H,5,15H2. The lowest BCUT2D eigenvalue weighted by Crippen LogP contribution is -1.86. The van der Waals surface area contributed by atoms with E-state index in [1.165, 1.54) is 25.8 Å². The number of fused-ring (bicyclic) bond motifs is 3.